The summed E-state index contributed by atoms with van der Waals surface area (Å²) in [4.78, 5) is 39.4. The lowest BCUT2D eigenvalue weighted by atomic mass is 9.71. The molecule has 0 bridgehead atoms. The number of carbonyl (C=O) groups excluding carboxylic acids is 3. The first-order valence-corrected chi connectivity index (χ1v) is 10.1. The molecular formula is C22H21NO4S. The van der Waals surface area contributed by atoms with E-state index in [2.05, 4.69) is 5.32 Å². The van der Waals surface area contributed by atoms with Gasteiger partial charge in [0.15, 0.2) is 5.78 Å². The zero-order valence-electron chi connectivity index (χ0n) is 15.7. The van der Waals surface area contributed by atoms with Crippen LogP contribution in [0.4, 0.5) is 0 Å². The van der Waals surface area contributed by atoms with E-state index in [9.17, 15) is 14.4 Å². The largest absolute Gasteiger partial charge is 0.429 e. The minimum atomic E-state index is -0.935. The molecule has 144 valence electrons. The Morgan fingerprint density at radius 3 is 2.54 bits per heavy atom. The van der Waals surface area contributed by atoms with Gasteiger partial charge in [0, 0.05) is 28.9 Å². The molecule has 2 aliphatic rings. The minimum Gasteiger partial charge on any atom is -0.429 e. The molecule has 1 aromatic heterocycles. The summed E-state index contributed by atoms with van der Waals surface area (Å²) in [6, 6.07) is 11.6. The standard InChI is InChI=1S/C22H21NO4S/c1-22(2)11-14(24)17-15(12-22)27-21(26)19(18(17)16-9-6-10-28-16)23-20(25)13-7-4-3-5-8-13/h3-10,18-19H,11-12H2,1-2H3,(H,23,25). The maximum Gasteiger partial charge on any atom is 0.334 e. The molecule has 1 amide bonds. The van der Waals surface area contributed by atoms with Crippen molar-refractivity contribution in [2.24, 2.45) is 5.41 Å². The third kappa shape index (κ3) is 3.40. The molecule has 0 fully saturated rings. The van der Waals surface area contributed by atoms with Crippen LogP contribution in [0.2, 0.25) is 0 Å². The van der Waals surface area contributed by atoms with Crippen LogP contribution < -0.4 is 5.32 Å². The number of rotatable bonds is 3. The van der Waals surface area contributed by atoms with E-state index in [0.29, 0.717) is 29.7 Å². The number of benzene rings is 1. The molecule has 1 N–H and O–H groups in total. The van der Waals surface area contributed by atoms with Crippen LogP contribution >= 0.6 is 11.3 Å². The number of nitrogens with one attached hydrogen (secondary N) is 1. The van der Waals surface area contributed by atoms with Gasteiger partial charge >= 0.3 is 5.97 Å². The number of ether oxygens (including phenoxy) is 1. The minimum absolute atomic E-state index is 0.0175. The number of ketones is 1. The fourth-order valence-electron chi connectivity index (χ4n) is 3.93. The Morgan fingerprint density at radius 1 is 1.11 bits per heavy atom. The fraction of sp³-hybridized carbons (Fsp3) is 0.318. The Kier molecular flexibility index (Phi) is 4.67. The van der Waals surface area contributed by atoms with Crippen LogP contribution in [0, 0.1) is 5.41 Å². The average molecular weight is 395 g/mol. The first kappa shape index (κ1) is 18.6. The summed E-state index contributed by atoms with van der Waals surface area (Å²) in [7, 11) is 0. The van der Waals surface area contributed by atoms with Crippen molar-refractivity contribution in [1.82, 2.24) is 5.32 Å². The van der Waals surface area contributed by atoms with Crippen molar-refractivity contribution in [3.8, 4) is 0 Å². The van der Waals surface area contributed by atoms with Gasteiger partial charge in [0.1, 0.15) is 11.8 Å². The normalized spacial score (nSPS) is 23.8. The van der Waals surface area contributed by atoms with Gasteiger partial charge in [0.05, 0.1) is 5.92 Å². The van der Waals surface area contributed by atoms with Gasteiger partial charge in [-0.25, -0.2) is 4.79 Å². The monoisotopic (exact) mass is 395 g/mol. The topological polar surface area (TPSA) is 72.5 Å². The second kappa shape index (κ2) is 7.02. The highest BCUT2D eigenvalue weighted by Gasteiger charge is 2.48. The predicted molar refractivity (Wildman–Crippen MR) is 106 cm³/mol. The van der Waals surface area contributed by atoms with Gasteiger partial charge in [-0.3, -0.25) is 9.59 Å². The predicted octanol–water partition coefficient (Wildman–Crippen LogP) is 3.83. The SMILES string of the molecule is CC1(C)CC(=O)C2=C(C1)OC(=O)C(NC(=O)c1ccccc1)C2c1cccs1. The molecule has 5 nitrogen and oxygen atoms in total. The van der Waals surface area contributed by atoms with Crippen molar-refractivity contribution >= 4 is 29.0 Å². The number of amides is 1. The van der Waals surface area contributed by atoms with E-state index in [1.807, 2.05) is 37.4 Å². The Bertz CT molecular complexity index is 960. The van der Waals surface area contributed by atoms with Gasteiger partial charge in [-0.1, -0.05) is 38.1 Å². The number of Topliss-reactive ketones (excluding diaryl/α,β-unsaturated/α-hetero) is 1. The van der Waals surface area contributed by atoms with E-state index in [4.69, 9.17) is 4.74 Å². The van der Waals surface area contributed by atoms with Crippen molar-refractivity contribution in [3.05, 3.63) is 69.6 Å². The van der Waals surface area contributed by atoms with E-state index >= 15 is 0 Å². The van der Waals surface area contributed by atoms with Crippen LogP contribution in [-0.4, -0.2) is 23.7 Å². The molecule has 0 saturated heterocycles. The van der Waals surface area contributed by atoms with Crippen molar-refractivity contribution < 1.29 is 19.1 Å². The van der Waals surface area contributed by atoms with Crippen LogP contribution in [0.5, 0.6) is 0 Å². The molecule has 1 aromatic carbocycles. The molecule has 2 aromatic rings. The molecule has 2 heterocycles. The van der Waals surface area contributed by atoms with Crippen molar-refractivity contribution in [1.29, 1.82) is 0 Å². The molecule has 2 atom stereocenters. The fourth-order valence-corrected chi connectivity index (χ4v) is 4.81. The van der Waals surface area contributed by atoms with Crippen molar-refractivity contribution in [2.75, 3.05) is 0 Å². The molecule has 6 heteroatoms. The van der Waals surface area contributed by atoms with Crippen molar-refractivity contribution in [2.45, 2.75) is 38.6 Å². The summed E-state index contributed by atoms with van der Waals surface area (Å²) >= 11 is 1.47. The Hall–Kier alpha value is -2.73. The highest BCUT2D eigenvalue weighted by Crippen LogP contribution is 2.46. The van der Waals surface area contributed by atoms with E-state index in [1.54, 1.807) is 24.3 Å². The number of hydrogen-bond donors (Lipinski definition) is 1. The Balaban J connectivity index is 1.74. The lowest BCUT2D eigenvalue weighted by Gasteiger charge is -2.39. The summed E-state index contributed by atoms with van der Waals surface area (Å²) in [5.74, 6) is -0.970. The second-order valence-electron chi connectivity index (χ2n) is 8.01. The van der Waals surface area contributed by atoms with Gasteiger partial charge in [-0.05, 0) is 29.0 Å². The summed E-state index contributed by atoms with van der Waals surface area (Å²) < 4.78 is 5.58. The first-order valence-electron chi connectivity index (χ1n) is 9.23. The molecular weight excluding hydrogens is 374 g/mol. The van der Waals surface area contributed by atoms with Crippen LogP contribution in [0.1, 0.15) is 47.8 Å². The molecule has 1 aliphatic heterocycles. The molecule has 28 heavy (non-hydrogen) atoms. The van der Waals surface area contributed by atoms with Gasteiger partial charge in [0.2, 0.25) is 0 Å². The number of allylic oxidation sites excluding steroid dienone is 1. The molecule has 2 unspecified atom stereocenters. The number of carbonyl (C=O) groups is 3. The highest BCUT2D eigenvalue weighted by atomic mass is 32.1. The second-order valence-corrected chi connectivity index (χ2v) is 8.99. The number of thiophene rings is 1. The smallest absolute Gasteiger partial charge is 0.334 e. The highest BCUT2D eigenvalue weighted by molar-refractivity contribution is 7.10. The van der Waals surface area contributed by atoms with E-state index < -0.39 is 17.9 Å². The van der Waals surface area contributed by atoms with Gasteiger partial charge in [-0.15, -0.1) is 11.3 Å². The molecule has 0 radical (unpaired) electrons. The average Bonchev–Trinajstić information content (AvgIpc) is 3.16. The molecule has 1 aliphatic carbocycles. The van der Waals surface area contributed by atoms with E-state index in [0.717, 1.165) is 4.88 Å². The van der Waals surface area contributed by atoms with E-state index in [-0.39, 0.29) is 17.1 Å². The third-order valence-corrected chi connectivity index (χ3v) is 6.13. The summed E-state index contributed by atoms with van der Waals surface area (Å²) in [6.07, 6.45) is 0.922. The Morgan fingerprint density at radius 2 is 1.86 bits per heavy atom. The third-order valence-electron chi connectivity index (χ3n) is 5.17. The van der Waals surface area contributed by atoms with Crippen LogP contribution in [-0.2, 0) is 14.3 Å². The quantitative estimate of drug-likeness (QED) is 0.802. The Labute approximate surface area is 167 Å². The van der Waals surface area contributed by atoms with Crippen LogP contribution in [0.3, 0.4) is 0 Å². The zero-order chi connectivity index (χ0) is 19.9. The number of esters is 1. The summed E-state index contributed by atoms with van der Waals surface area (Å²) in [5, 5.41) is 4.71. The van der Waals surface area contributed by atoms with Gasteiger partial charge < -0.3 is 10.1 Å². The lowest BCUT2D eigenvalue weighted by molar-refractivity contribution is -0.145. The lowest BCUT2D eigenvalue weighted by Crippen LogP contribution is -2.50. The van der Waals surface area contributed by atoms with Crippen molar-refractivity contribution in [3.63, 3.8) is 0 Å². The van der Waals surface area contributed by atoms with Gasteiger partial charge in [-0.2, -0.15) is 0 Å². The molecule has 4 rings (SSSR count). The maximum absolute atomic E-state index is 13.0. The van der Waals surface area contributed by atoms with Crippen LogP contribution in [0.15, 0.2) is 59.2 Å². The molecule has 0 spiro atoms. The summed E-state index contributed by atoms with van der Waals surface area (Å²) in [5.41, 5.74) is 0.729. The van der Waals surface area contributed by atoms with E-state index in [1.165, 1.54) is 11.3 Å². The molecule has 0 saturated carbocycles. The van der Waals surface area contributed by atoms with Crippen LogP contribution in [0.25, 0.3) is 0 Å². The number of hydrogen-bond acceptors (Lipinski definition) is 5. The summed E-state index contributed by atoms with van der Waals surface area (Å²) in [6.45, 7) is 3.98. The van der Waals surface area contributed by atoms with Gasteiger partial charge in [0.25, 0.3) is 5.91 Å². The first-order chi connectivity index (χ1) is 13.4. The zero-order valence-corrected chi connectivity index (χ0v) is 16.5. The maximum atomic E-state index is 13.0.